The zero-order valence-corrected chi connectivity index (χ0v) is 17.5. The van der Waals surface area contributed by atoms with Gasteiger partial charge in [-0.1, -0.05) is 30.4 Å². The van der Waals surface area contributed by atoms with Crippen molar-refractivity contribution in [2.24, 2.45) is 35.5 Å². The molecule has 31 heavy (non-hydrogen) atoms. The number of aryl methyl sites for hydroxylation is 2. The summed E-state index contributed by atoms with van der Waals surface area (Å²) in [6.07, 6.45) is 5.45. The van der Waals surface area contributed by atoms with Crippen molar-refractivity contribution in [2.45, 2.75) is 20.3 Å². The van der Waals surface area contributed by atoms with E-state index in [0.29, 0.717) is 28.8 Å². The Morgan fingerprint density at radius 2 is 1.55 bits per heavy atom. The molecule has 5 aliphatic rings. The van der Waals surface area contributed by atoms with Crippen molar-refractivity contribution in [3.8, 4) is 0 Å². The minimum Gasteiger partial charge on any atom is -0.322 e. The van der Waals surface area contributed by atoms with Crippen molar-refractivity contribution in [2.75, 3.05) is 10.2 Å². The van der Waals surface area contributed by atoms with Gasteiger partial charge in [0.15, 0.2) is 0 Å². The number of carbonyl (C=O) groups is 3. The zero-order valence-electron chi connectivity index (χ0n) is 17.5. The lowest BCUT2D eigenvalue weighted by molar-refractivity contribution is -0.124. The van der Waals surface area contributed by atoms with Crippen LogP contribution in [0, 0.1) is 49.4 Å². The number of allylic oxidation sites excluding steroid dienone is 2. The molecule has 156 valence electrons. The van der Waals surface area contributed by atoms with Gasteiger partial charge in [0.05, 0.1) is 23.1 Å². The summed E-state index contributed by atoms with van der Waals surface area (Å²) in [5, 5.41) is 2.93. The summed E-state index contributed by atoms with van der Waals surface area (Å²) in [7, 11) is 0. The first-order chi connectivity index (χ1) is 15.0. The van der Waals surface area contributed by atoms with E-state index in [1.165, 1.54) is 4.90 Å². The Balaban J connectivity index is 1.34. The second-order valence-corrected chi connectivity index (χ2v) is 9.44. The van der Waals surface area contributed by atoms with Crippen molar-refractivity contribution in [1.82, 2.24) is 0 Å². The molecule has 0 spiro atoms. The third kappa shape index (κ3) is 2.59. The maximum Gasteiger partial charge on any atom is 0.257 e. The molecule has 0 unspecified atom stereocenters. The van der Waals surface area contributed by atoms with Gasteiger partial charge in [0.2, 0.25) is 11.8 Å². The Hall–Kier alpha value is -3.21. The second-order valence-electron chi connectivity index (χ2n) is 9.44. The van der Waals surface area contributed by atoms with Crippen LogP contribution in [-0.2, 0) is 9.59 Å². The lowest BCUT2D eigenvalue weighted by atomic mass is 9.63. The first-order valence-electron chi connectivity index (χ1n) is 11.0. The zero-order chi connectivity index (χ0) is 21.4. The molecule has 2 saturated carbocycles. The van der Waals surface area contributed by atoms with Crippen molar-refractivity contribution < 1.29 is 14.4 Å². The van der Waals surface area contributed by atoms with Gasteiger partial charge in [-0.2, -0.15) is 0 Å². The smallest absolute Gasteiger partial charge is 0.257 e. The van der Waals surface area contributed by atoms with Gasteiger partial charge in [-0.25, -0.2) is 4.90 Å². The highest BCUT2D eigenvalue weighted by molar-refractivity contribution is 6.25. The molecule has 4 aliphatic carbocycles. The van der Waals surface area contributed by atoms with Crippen LogP contribution in [0.3, 0.4) is 0 Å². The van der Waals surface area contributed by atoms with Gasteiger partial charge in [0.25, 0.3) is 5.91 Å². The SMILES string of the molecule is Cc1ccc(NC(=O)c2ccccc2N2C(=O)[C@@H]3[C@@H]4C=C[C@@H]([C@@H]5C[C@@H]45)[C@@H]3C2=O)cc1C. The van der Waals surface area contributed by atoms with Gasteiger partial charge in [-0.05, 0) is 79.3 Å². The molecule has 7 rings (SSSR count). The van der Waals surface area contributed by atoms with Gasteiger partial charge in [-0.15, -0.1) is 0 Å². The van der Waals surface area contributed by atoms with Crippen molar-refractivity contribution in [1.29, 1.82) is 0 Å². The number of carbonyl (C=O) groups excluding carboxylic acids is 3. The summed E-state index contributed by atoms with van der Waals surface area (Å²) in [5.41, 5.74) is 3.66. The van der Waals surface area contributed by atoms with E-state index in [1.807, 2.05) is 32.0 Å². The van der Waals surface area contributed by atoms with Crippen LogP contribution in [0.25, 0.3) is 0 Å². The number of amides is 3. The van der Waals surface area contributed by atoms with E-state index in [0.717, 1.165) is 17.5 Å². The number of benzene rings is 2. The van der Waals surface area contributed by atoms with Gasteiger partial charge >= 0.3 is 0 Å². The lowest BCUT2D eigenvalue weighted by Crippen LogP contribution is -2.40. The van der Waals surface area contributed by atoms with Crippen LogP contribution < -0.4 is 10.2 Å². The lowest BCUT2D eigenvalue weighted by Gasteiger charge is -2.37. The molecule has 1 aliphatic heterocycles. The number of rotatable bonds is 3. The van der Waals surface area contributed by atoms with E-state index in [2.05, 4.69) is 17.5 Å². The molecule has 2 aromatic carbocycles. The highest BCUT2D eigenvalue weighted by Crippen LogP contribution is 2.65. The third-order valence-corrected chi connectivity index (χ3v) is 7.82. The molecule has 1 N–H and O–H groups in total. The minimum atomic E-state index is -0.321. The molecule has 3 fully saturated rings. The van der Waals surface area contributed by atoms with Crippen molar-refractivity contribution in [3.05, 3.63) is 71.3 Å². The topological polar surface area (TPSA) is 66.5 Å². The Kier molecular flexibility index (Phi) is 3.83. The molecule has 2 bridgehead atoms. The second kappa shape index (κ2) is 6.39. The average molecular weight is 412 g/mol. The van der Waals surface area contributed by atoms with E-state index in [-0.39, 0.29) is 41.4 Å². The van der Waals surface area contributed by atoms with Gasteiger partial charge in [0, 0.05) is 5.69 Å². The average Bonchev–Trinajstić information content (AvgIpc) is 3.54. The maximum atomic E-state index is 13.5. The Morgan fingerprint density at radius 1 is 0.903 bits per heavy atom. The van der Waals surface area contributed by atoms with Crippen LogP contribution in [-0.4, -0.2) is 17.7 Å². The summed E-state index contributed by atoms with van der Waals surface area (Å²) in [4.78, 5) is 41.4. The highest BCUT2D eigenvalue weighted by atomic mass is 16.2. The standard InChI is InChI=1S/C26H24N2O3/c1-13-7-8-15(11-14(13)2)27-24(29)18-5-3-4-6-21(18)28-25(30)22-16-9-10-17(20-12-19(16)20)23(22)26(28)31/h3-11,16-17,19-20,22-23H,12H2,1-2H3,(H,27,29)/t16-,17+,19-,20-,22-,23+/m0/s1. The summed E-state index contributed by atoms with van der Waals surface area (Å²) in [5.74, 6) is 0.267. The number of nitrogens with one attached hydrogen (secondary N) is 1. The van der Waals surface area contributed by atoms with Crippen molar-refractivity contribution in [3.63, 3.8) is 0 Å². The predicted octanol–water partition coefficient (Wildman–Crippen LogP) is 4.11. The number of nitrogens with zero attached hydrogens (tertiary/aromatic N) is 1. The largest absolute Gasteiger partial charge is 0.322 e. The fraction of sp³-hybridized carbons (Fsp3) is 0.346. The molecular formula is C26H24N2O3. The Bertz CT molecular complexity index is 1150. The molecule has 5 heteroatoms. The number of para-hydroxylation sites is 1. The Labute approximate surface area is 181 Å². The van der Waals surface area contributed by atoms with Crippen LogP contribution in [0.15, 0.2) is 54.6 Å². The summed E-state index contributed by atoms with van der Waals surface area (Å²) < 4.78 is 0. The third-order valence-electron chi connectivity index (χ3n) is 7.82. The van der Waals surface area contributed by atoms with E-state index < -0.39 is 0 Å². The van der Waals surface area contributed by atoms with E-state index in [1.54, 1.807) is 24.3 Å². The molecule has 1 saturated heterocycles. The van der Waals surface area contributed by atoms with Crippen LogP contribution in [0.1, 0.15) is 27.9 Å². The summed E-state index contributed by atoms with van der Waals surface area (Å²) in [6.45, 7) is 4.02. The highest BCUT2D eigenvalue weighted by Gasteiger charge is 2.67. The molecule has 0 radical (unpaired) electrons. The molecule has 3 amide bonds. The summed E-state index contributed by atoms with van der Waals surface area (Å²) in [6, 6.07) is 12.7. The number of hydrogen-bond donors (Lipinski definition) is 1. The molecule has 6 atom stereocenters. The molecule has 0 aromatic heterocycles. The monoisotopic (exact) mass is 412 g/mol. The predicted molar refractivity (Wildman–Crippen MR) is 118 cm³/mol. The van der Waals surface area contributed by atoms with E-state index in [9.17, 15) is 14.4 Å². The number of imide groups is 1. The fourth-order valence-corrected chi connectivity index (χ4v) is 6.07. The van der Waals surface area contributed by atoms with E-state index >= 15 is 0 Å². The first kappa shape index (κ1) is 18.6. The minimum absolute atomic E-state index is 0.147. The van der Waals surface area contributed by atoms with Gasteiger partial charge in [-0.3, -0.25) is 14.4 Å². The number of hydrogen-bond acceptors (Lipinski definition) is 3. The molecule has 5 nitrogen and oxygen atoms in total. The van der Waals surface area contributed by atoms with Crippen LogP contribution >= 0.6 is 0 Å². The van der Waals surface area contributed by atoms with Crippen LogP contribution in [0.4, 0.5) is 11.4 Å². The fourth-order valence-electron chi connectivity index (χ4n) is 6.07. The molecule has 2 aromatic rings. The first-order valence-corrected chi connectivity index (χ1v) is 11.0. The van der Waals surface area contributed by atoms with Crippen LogP contribution in [0.2, 0.25) is 0 Å². The maximum absolute atomic E-state index is 13.5. The summed E-state index contributed by atoms with van der Waals surface area (Å²) >= 11 is 0. The van der Waals surface area contributed by atoms with Gasteiger partial charge < -0.3 is 5.32 Å². The Morgan fingerprint density at radius 3 is 2.19 bits per heavy atom. The van der Waals surface area contributed by atoms with E-state index in [4.69, 9.17) is 0 Å². The quantitative estimate of drug-likeness (QED) is 0.609. The molecular weight excluding hydrogens is 388 g/mol. The molecule has 1 heterocycles. The number of anilines is 2. The van der Waals surface area contributed by atoms with Gasteiger partial charge in [0.1, 0.15) is 0 Å². The van der Waals surface area contributed by atoms with Crippen molar-refractivity contribution >= 4 is 29.1 Å². The van der Waals surface area contributed by atoms with Crippen LogP contribution in [0.5, 0.6) is 0 Å². The normalized spacial score (nSPS) is 32.1.